The molecule has 0 radical (unpaired) electrons. The molecular weight excluding hydrogens is 435 g/mol. The van der Waals surface area contributed by atoms with Gasteiger partial charge in [-0.2, -0.15) is 0 Å². The van der Waals surface area contributed by atoms with Crippen molar-refractivity contribution in [2.45, 2.75) is 17.6 Å². The maximum absolute atomic E-state index is 14.1. The van der Waals surface area contributed by atoms with E-state index in [0.717, 1.165) is 33.5 Å². The van der Waals surface area contributed by atoms with Crippen LogP contribution in [0.25, 0.3) is 0 Å². The van der Waals surface area contributed by atoms with Crippen molar-refractivity contribution in [3.05, 3.63) is 89.7 Å². The number of carbonyl (C=O) groups is 1. The number of para-hydroxylation sites is 1. The minimum absolute atomic E-state index is 0.162. The second-order valence-electron chi connectivity index (χ2n) is 7.02. The van der Waals surface area contributed by atoms with Crippen molar-refractivity contribution in [2.24, 2.45) is 0 Å². The van der Waals surface area contributed by atoms with Gasteiger partial charge in [0.2, 0.25) is 15.9 Å². The fourth-order valence-corrected chi connectivity index (χ4v) is 4.71. The van der Waals surface area contributed by atoms with Crippen LogP contribution in [0.5, 0.6) is 0 Å². The minimum atomic E-state index is -3.85. The zero-order chi connectivity index (χ0) is 22.4. The Morgan fingerprint density at radius 1 is 1.03 bits per heavy atom. The van der Waals surface area contributed by atoms with Crippen LogP contribution < -0.4 is 9.62 Å². The topological polar surface area (TPSA) is 66.5 Å². The Kier molecular flexibility index (Phi) is 7.35. The number of sulfonamides is 1. The van der Waals surface area contributed by atoms with Gasteiger partial charge in [0.15, 0.2) is 0 Å². The highest BCUT2D eigenvalue weighted by Gasteiger charge is 2.23. The summed E-state index contributed by atoms with van der Waals surface area (Å²) >= 11 is 1.72. The average molecular weight is 459 g/mol. The molecule has 8 heteroatoms. The van der Waals surface area contributed by atoms with E-state index in [4.69, 9.17) is 0 Å². The van der Waals surface area contributed by atoms with Crippen molar-refractivity contribution < 1.29 is 17.6 Å². The monoisotopic (exact) mass is 458 g/mol. The van der Waals surface area contributed by atoms with Crippen molar-refractivity contribution in [3.8, 4) is 0 Å². The van der Waals surface area contributed by atoms with Crippen LogP contribution >= 0.6 is 11.8 Å². The molecule has 0 unspecified atom stereocenters. The molecule has 0 aliphatic carbocycles. The van der Waals surface area contributed by atoms with Gasteiger partial charge >= 0.3 is 0 Å². The number of rotatable bonds is 8. The summed E-state index contributed by atoms with van der Waals surface area (Å²) in [7, 11) is -3.85. The third-order valence-electron chi connectivity index (χ3n) is 4.52. The first kappa shape index (κ1) is 22.8. The number of amides is 1. The molecule has 31 heavy (non-hydrogen) atoms. The van der Waals surface area contributed by atoms with Crippen LogP contribution in [0.3, 0.4) is 0 Å². The number of anilines is 2. The van der Waals surface area contributed by atoms with Crippen molar-refractivity contribution in [1.82, 2.24) is 0 Å². The van der Waals surface area contributed by atoms with Gasteiger partial charge in [-0.15, -0.1) is 11.8 Å². The molecule has 0 aliphatic heterocycles. The Hall–Kier alpha value is -2.84. The zero-order valence-corrected chi connectivity index (χ0v) is 18.8. The molecule has 3 aromatic rings. The summed E-state index contributed by atoms with van der Waals surface area (Å²) in [4.78, 5) is 13.7. The summed E-state index contributed by atoms with van der Waals surface area (Å²) in [5, 5.41) is 2.73. The molecule has 0 heterocycles. The first-order valence-corrected chi connectivity index (χ1v) is 12.4. The van der Waals surface area contributed by atoms with Gasteiger partial charge in [-0.05, 0) is 48.4 Å². The number of nitrogens with one attached hydrogen (secondary N) is 1. The number of hydrogen-bond donors (Lipinski definition) is 1. The molecule has 0 spiro atoms. The second-order valence-corrected chi connectivity index (χ2v) is 9.98. The molecule has 1 N–H and O–H groups in total. The van der Waals surface area contributed by atoms with Gasteiger partial charge in [0.05, 0.1) is 11.9 Å². The van der Waals surface area contributed by atoms with Gasteiger partial charge in [-0.25, -0.2) is 12.8 Å². The Labute approximate surface area is 186 Å². The lowest BCUT2D eigenvalue weighted by Crippen LogP contribution is -2.38. The average Bonchev–Trinajstić information content (AvgIpc) is 2.73. The van der Waals surface area contributed by atoms with Crippen molar-refractivity contribution >= 4 is 39.1 Å². The van der Waals surface area contributed by atoms with E-state index in [9.17, 15) is 17.6 Å². The molecular formula is C23H23FN2O3S2. The van der Waals surface area contributed by atoms with E-state index < -0.39 is 28.3 Å². The van der Waals surface area contributed by atoms with Crippen LogP contribution in [0.15, 0.2) is 77.7 Å². The van der Waals surface area contributed by atoms with Crippen LogP contribution in [0, 0.1) is 12.7 Å². The molecule has 0 bridgehead atoms. The first-order valence-electron chi connectivity index (χ1n) is 9.53. The summed E-state index contributed by atoms with van der Waals surface area (Å²) in [6, 6.07) is 21.2. The number of halogens is 1. The molecule has 0 fully saturated rings. The maximum Gasteiger partial charge on any atom is 0.245 e. The minimum Gasteiger partial charge on any atom is -0.324 e. The van der Waals surface area contributed by atoms with Crippen molar-refractivity contribution in [1.29, 1.82) is 0 Å². The number of aryl methyl sites for hydroxylation is 1. The largest absolute Gasteiger partial charge is 0.324 e. The Balaban J connectivity index is 1.68. The lowest BCUT2D eigenvalue weighted by Gasteiger charge is -2.22. The van der Waals surface area contributed by atoms with Gasteiger partial charge < -0.3 is 5.32 Å². The van der Waals surface area contributed by atoms with Gasteiger partial charge in [-0.3, -0.25) is 9.10 Å². The molecule has 5 nitrogen and oxygen atoms in total. The highest BCUT2D eigenvalue weighted by Crippen LogP contribution is 2.25. The summed E-state index contributed by atoms with van der Waals surface area (Å²) in [5.41, 5.74) is 2.38. The van der Waals surface area contributed by atoms with E-state index in [1.165, 1.54) is 23.1 Å². The number of nitrogens with zero attached hydrogens (tertiary/aromatic N) is 1. The van der Waals surface area contributed by atoms with Crippen LogP contribution in [0.4, 0.5) is 15.8 Å². The zero-order valence-electron chi connectivity index (χ0n) is 17.2. The van der Waals surface area contributed by atoms with Crippen molar-refractivity contribution in [2.75, 3.05) is 22.4 Å². The standard InChI is InChI=1S/C23H23FN2O3S2/c1-17-14-18(16-30-19-8-4-3-5-9-19)12-13-21(17)25-23(27)15-26(31(2,28)29)22-11-7-6-10-20(22)24/h3-14H,15-16H2,1-2H3,(H,25,27). The predicted octanol–water partition coefficient (Wildman–Crippen LogP) is 4.83. The predicted molar refractivity (Wildman–Crippen MR) is 124 cm³/mol. The third-order valence-corrected chi connectivity index (χ3v) is 6.73. The van der Waals surface area contributed by atoms with E-state index in [0.29, 0.717) is 5.69 Å². The van der Waals surface area contributed by atoms with Crippen molar-refractivity contribution in [3.63, 3.8) is 0 Å². The summed E-state index contributed by atoms with van der Waals surface area (Å²) in [6.07, 6.45) is 0.942. The van der Waals surface area contributed by atoms with Crippen LogP contribution in [0.1, 0.15) is 11.1 Å². The van der Waals surface area contributed by atoms with E-state index in [-0.39, 0.29) is 5.69 Å². The Morgan fingerprint density at radius 3 is 2.35 bits per heavy atom. The summed E-state index contributed by atoms with van der Waals surface area (Å²) in [5.74, 6) is -0.478. The molecule has 0 aliphatic rings. The van der Waals surface area contributed by atoms with Gasteiger partial charge in [0, 0.05) is 16.3 Å². The smallest absolute Gasteiger partial charge is 0.245 e. The van der Waals surface area contributed by atoms with Crippen LogP contribution in [-0.2, 0) is 20.6 Å². The third kappa shape index (κ3) is 6.32. The highest BCUT2D eigenvalue weighted by atomic mass is 32.2. The maximum atomic E-state index is 14.1. The summed E-state index contributed by atoms with van der Waals surface area (Å²) in [6.45, 7) is 1.35. The summed E-state index contributed by atoms with van der Waals surface area (Å²) < 4.78 is 39.2. The number of hydrogen-bond acceptors (Lipinski definition) is 4. The van der Waals surface area contributed by atoms with E-state index in [1.54, 1.807) is 17.8 Å². The Morgan fingerprint density at radius 2 is 1.71 bits per heavy atom. The van der Waals surface area contributed by atoms with E-state index in [2.05, 4.69) is 17.4 Å². The molecule has 3 rings (SSSR count). The number of thioether (sulfide) groups is 1. The van der Waals surface area contributed by atoms with Gasteiger partial charge in [0.1, 0.15) is 12.4 Å². The van der Waals surface area contributed by atoms with E-state index in [1.807, 2.05) is 37.3 Å². The van der Waals surface area contributed by atoms with Crippen LogP contribution in [0.2, 0.25) is 0 Å². The number of benzene rings is 3. The first-order chi connectivity index (χ1) is 14.7. The van der Waals surface area contributed by atoms with E-state index >= 15 is 0 Å². The highest BCUT2D eigenvalue weighted by molar-refractivity contribution is 7.98. The Bertz CT molecular complexity index is 1170. The molecule has 3 aromatic carbocycles. The molecule has 0 saturated heterocycles. The molecule has 0 saturated carbocycles. The van der Waals surface area contributed by atoms with Gasteiger partial charge in [0.25, 0.3) is 0 Å². The quantitative estimate of drug-likeness (QED) is 0.491. The fraction of sp³-hybridized carbons (Fsp3) is 0.174. The molecule has 162 valence electrons. The number of carbonyl (C=O) groups excluding carboxylic acids is 1. The lowest BCUT2D eigenvalue weighted by molar-refractivity contribution is -0.114. The van der Waals surface area contributed by atoms with Crippen LogP contribution in [-0.4, -0.2) is 27.1 Å². The lowest BCUT2D eigenvalue weighted by atomic mass is 10.1. The molecule has 0 atom stereocenters. The SMILES string of the molecule is Cc1cc(CSc2ccccc2)ccc1NC(=O)CN(c1ccccc1F)S(C)(=O)=O. The van der Waals surface area contributed by atoms with Gasteiger partial charge in [-0.1, -0.05) is 42.5 Å². The second kappa shape index (κ2) is 9.98. The normalized spacial score (nSPS) is 11.2. The molecule has 0 aromatic heterocycles. The molecule has 1 amide bonds. The fourth-order valence-electron chi connectivity index (χ4n) is 2.99.